The number of halogens is 1. The Morgan fingerprint density at radius 3 is 2.16 bits per heavy atom. The van der Waals surface area contributed by atoms with Gasteiger partial charge in [0.25, 0.3) is 5.91 Å². The van der Waals surface area contributed by atoms with Crippen LogP contribution in [0.25, 0.3) is 0 Å². The van der Waals surface area contributed by atoms with Crippen LogP contribution in [0.5, 0.6) is 0 Å². The van der Waals surface area contributed by atoms with Crippen LogP contribution < -0.4 is 0 Å². The fourth-order valence-corrected chi connectivity index (χ4v) is 7.43. The van der Waals surface area contributed by atoms with Crippen LogP contribution >= 0.6 is 22.7 Å². The molecule has 1 aliphatic rings. The molecule has 0 aliphatic carbocycles. The number of likely N-dealkylation sites (tertiary alicyclic amines) is 1. The van der Waals surface area contributed by atoms with Gasteiger partial charge in [-0.25, -0.2) is 9.18 Å². The van der Waals surface area contributed by atoms with Gasteiger partial charge in [0.1, 0.15) is 17.6 Å². The van der Waals surface area contributed by atoms with Crippen LogP contribution in [-0.2, 0) is 4.79 Å². The molecule has 0 radical (unpaired) electrons. The molecule has 9 heteroatoms. The Labute approximate surface area is 221 Å². The Morgan fingerprint density at radius 2 is 1.62 bits per heavy atom. The number of Topliss-reactive ketones (excluding diaryl/α,β-unsaturated/α-hetero) is 1. The van der Waals surface area contributed by atoms with Gasteiger partial charge in [0.05, 0.1) is 12.0 Å². The number of carboxylic acids is 1. The van der Waals surface area contributed by atoms with Crippen LogP contribution in [-0.4, -0.2) is 33.7 Å². The number of aliphatic carboxylic acids is 1. The Kier molecular flexibility index (Phi) is 6.59. The number of carbonyl (C=O) groups is 3. The number of ketones is 1. The van der Waals surface area contributed by atoms with Crippen LogP contribution in [0.15, 0.2) is 63.7 Å². The molecule has 1 aliphatic heterocycles. The molecule has 5 rings (SSSR count). The molecule has 37 heavy (non-hydrogen) atoms. The molecule has 1 amide bonds. The molecule has 1 saturated heterocycles. The summed E-state index contributed by atoms with van der Waals surface area (Å²) in [6.45, 7) is 5.47. The van der Waals surface area contributed by atoms with Crippen molar-refractivity contribution in [2.75, 3.05) is 0 Å². The predicted molar refractivity (Wildman–Crippen MR) is 139 cm³/mol. The largest absolute Gasteiger partial charge is 0.480 e. The summed E-state index contributed by atoms with van der Waals surface area (Å²) in [4.78, 5) is 43.8. The monoisotopic (exact) mass is 537 g/mol. The Hall–Kier alpha value is -3.56. The van der Waals surface area contributed by atoms with Gasteiger partial charge in [-0.3, -0.25) is 9.59 Å². The van der Waals surface area contributed by atoms with Crippen molar-refractivity contribution in [1.29, 1.82) is 0 Å². The summed E-state index contributed by atoms with van der Waals surface area (Å²) in [5.41, 5.74) is 1.71. The Morgan fingerprint density at radius 1 is 0.946 bits per heavy atom. The fourth-order valence-electron chi connectivity index (χ4n) is 5.25. The van der Waals surface area contributed by atoms with Crippen molar-refractivity contribution >= 4 is 40.3 Å². The van der Waals surface area contributed by atoms with Gasteiger partial charge < -0.3 is 14.4 Å². The standard InChI is InChI=1S/C28H24FNO5S2/c1-14-9-11-36-25(14)21-20(24(31)19-8-7-16(3)35-19)22(26-15(2)10-12-37-26)30(23(21)28(33)34)27(32)17-5-4-6-18(29)13-17/h4-13,20-23H,1-3H3,(H,33,34). The zero-order chi connectivity index (χ0) is 26.4. The molecule has 4 aromatic rings. The minimum Gasteiger partial charge on any atom is -0.480 e. The summed E-state index contributed by atoms with van der Waals surface area (Å²) >= 11 is 2.73. The van der Waals surface area contributed by atoms with E-state index in [4.69, 9.17) is 4.42 Å². The molecule has 0 bridgehead atoms. The van der Waals surface area contributed by atoms with Crippen molar-refractivity contribution in [1.82, 2.24) is 4.90 Å². The lowest BCUT2D eigenvalue weighted by atomic mass is 9.80. The molecule has 190 valence electrons. The van der Waals surface area contributed by atoms with E-state index in [2.05, 4.69) is 0 Å². The maximum Gasteiger partial charge on any atom is 0.327 e. The summed E-state index contributed by atoms with van der Waals surface area (Å²) in [5, 5.41) is 14.3. The van der Waals surface area contributed by atoms with Crippen LogP contribution in [0.4, 0.5) is 4.39 Å². The van der Waals surface area contributed by atoms with E-state index in [1.807, 2.05) is 36.7 Å². The summed E-state index contributed by atoms with van der Waals surface area (Å²) in [5.74, 6) is -3.95. The Bertz CT molecular complexity index is 1500. The molecule has 4 atom stereocenters. The van der Waals surface area contributed by atoms with Gasteiger partial charge >= 0.3 is 5.97 Å². The molecule has 1 N–H and O–H groups in total. The maximum absolute atomic E-state index is 14.1. The first kappa shape index (κ1) is 25.1. The van der Waals surface area contributed by atoms with E-state index >= 15 is 0 Å². The third-order valence-electron chi connectivity index (χ3n) is 6.89. The summed E-state index contributed by atoms with van der Waals surface area (Å²) in [7, 11) is 0. The van der Waals surface area contributed by atoms with Gasteiger partial charge in [-0.2, -0.15) is 0 Å². The molecule has 1 fully saturated rings. The molecule has 1 aromatic carbocycles. The number of carboxylic acid groups (broad SMARTS) is 1. The normalized spacial score (nSPS) is 21.4. The number of hydrogen-bond acceptors (Lipinski definition) is 6. The highest BCUT2D eigenvalue weighted by Crippen LogP contribution is 2.54. The predicted octanol–water partition coefficient (Wildman–Crippen LogP) is 6.40. The Balaban J connectivity index is 1.78. The van der Waals surface area contributed by atoms with Crippen molar-refractivity contribution in [3.63, 3.8) is 0 Å². The lowest BCUT2D eigenvalue weighted by Gasteiger charge is -2.30. The van der Waals surface area contributed by atoms with Crippen LogP contribution in [0, 0.1) is 32.5 Å². The van der Waals surface area contributed by atoms with Gasteiger partial charge in [-0.15, -0.1) is 22.7 Å². The molecule has 6 nitrogen and oxygen atoms in total. The van der Waals surface area contributed by atoms with Gasteiger partial charge in [0.2, 0.25) is 5.78 Å². The van der Waals surface area contributed by atoms with Crippen molar-refractivity contribution in [2.45, 2.75) is 38.8 Å². The first-order valence-electron chi connectivity index (χ1n) is 11.7. The van der Waals surface area contributed by atoms with Gasteiger partial charge in [0.15, 0.2) is 5.76 Å². The lowest BCUT2D eigenvalue weighted by molar-refractivity contribution is -0.142. The highest BCUT2D eigenvalue weighted by Gasteiger charge is 2.59. The summed E-state index contributed by atoms with van der Waals surface area (Å²) < 4.78 is 19.8. The molecule has 0 spiro atoms. The second kappa shape index (κ2) is 9.72. The molecule has 0 saturated carbocycles. The SMILES string of the molecule is Cc1ccc(C(=O)C2C(c3sccc3C)C(C(=O)O)N(C(=O)c3cccc(F)c3)C2c2sccc2C)o1. The van der Waals surface area contributed by atoms with Gasteiger partial charge in [0, 0.05) is 21.2 Å². The highest BCUT2D eigenvalue weighted by molar-refractivity contribution is 7.10. The number of thiophene rings is 2. The number of benzene rings is 1. The highest BCUT2D eigenvalue weighted by atomic mass is 32.1. The quantitative estimate of drug-likeness (QED) is 0.288. The van der Waals surface area contributed by atoms with Crippen molar-refractivity contribution in [2.24, 2.45) is 5.92 Å². The second-order valence-electron chi connectivity index (χ2n) is 9.21. The van der Waals surface area contributed by atoms with Crippen LogP contribution in [0.1, 0.15) is 59.5 Å². The molecular weight excluding hydrogens is 513 g/mol. The number of rotatable bonds is 6. The van der Waals surface area contributed by atoms with Crippen LogP contribution in [0.3, 0.4) is 0 Å². The number of aryl methyl sites for hydroxylation is 3. The van der Waals surface area contributed by atoms with E-state index < -0.39 is 41.6 Å². The van der Waals surface area contributed by atoms with E-state index in [0.29, 0.717) is 10.6 Å². The zero-order valence-electron chi connectivity index (χ0n) is 20.3. The zero-order valence-corrected chi connectivity index (χ0v) is 21.9. The van der Waals surface area contributed by atoms with E-state index in [1.165, 1.54) is 45.8 Å². The maximum atomic E-state index is 14.1. The molecule has 3 aromatic heterocycles. The number of amides is 1. The van der Waals surface area contributed by atoms with Crippen molar-refractivity contribution in [3.8, 4) is 0 Å². The van der Waals surface area contributed by atoms with E-state index in [-0.39, 0.29) is 17.1 Å². The van der Waals surface area contributed by atoms with E-state index in [1.54, 1.807) is 19.1 Å². The first-order valence-corrected chi connectivity index (χ1v) is 13.4. The molecule has 4 unspecified atom stereocenters. The molecular formula is C28H24FNO5S2. The summed E-state index contributed by atoms with van der Waals surface area (Å²) in [6.07, 6.45) is 0. The number of furan rings is 1. The summed E-state index contributed by atoms with van der Waals surface area (Å²) in [6, 6.07) is 9.96. The van der Waals surface area contributed by atoms with E-state index in [0.717, 1.165) is 22.1 Å². The van der Waals surface area contributed by atoms with Crippen LogP contribution in [0.2, 0.25) is 0 Å². The van der Waals surface area contributed by atoms with Gasteiger partial charge in [-0.1, -0.05) is 6.07 Å². The smallest absolute Gasteiger partial charge is 0.327 e. The average molecular weight is 538 g/mol. The lowest BCUT2D eigenvalue weighted by Crippen LogP contribution is -2.43. The number of nitrogens with zero attached hydrogens (tertiary/aromatic N) is 1. The minimum absolute atomic E-state index is 0.0223. The van der Waals surface area contributed by atoms with Gasteiger partial charge in [-0.05, 0) is 85.1 Å². The van der Waals surface area contributed by atoms with Crippen molar-refractivity contribution < 1.29 is 28.3 Å². The minimum atomic E-state index is -1.36. The van der Waals surface area contributed by atoms with Crippen molar-refractivity contribution in [3.05, 3.63) is 103 Å². The third kappa shape index (κ3) is 4.32. The van der Waals surface area contributed by atoms with E-state index in [9.17, 15) is 23.9 Å². The number of carbonyl (C=O) groups excluding carboxylic acids is 2. The topological polar surface area (TPSA) is 87.8 Å². The first-order chi connectivity index (χ1) is 17.7. The molecule has 4 heterocycles. The second-order valence-corrected chi connectivity index (χ2v) is 11.1. The fraction of sp³-hybridized carbons (Fsp3) is 0.250. The average Bonchev–Trinajstić information content (AvgIpc) is 3.64. The third-order valence-corrected chi connectivity index (χ3v) is 9.10. The number of hydrogen-bond donors (Lipinski definition) is 1.